The third kappa shape index (κ3) is 4.80. The first-order valence-electron chi connectivity index (χ1n) is 9.23. The van der Waals surface area contributed by atoms with Crippen LogP contribution >= 0.6 is 11.8 Å². The molecule has 0 aliphatic carbocycles. The zero-order chi connectivity index (χ0) is 21.7. The Morgan fingerprint density at radius 3 is 2.40 bits per heavy atom. The number of hydrogen-bond donors (Lipinski definition) is 2. The molecule has 0 radical (unpaired) electrons. The third-order valence-electron chi connectivity index (χ3n) is 4.33. The summed E-state index contributed by atoms with van der Waals surface area (Å²) in [5.74, 6) is -0.452. The predicted octanol–water partition coefficient (Wildman–Crippen LogP) is 3.28. The maximum Gasteiger partial charge on any atom is 0.338 e. The summed E-state index contributed by atoms with van der Waals surface area (Å²) in [5, 5.41) is 10.2. The van der Waals surface area contributed by atoms with Crippen molar-refractivity contribution in [3.8, 4) is 5.75 Å². The Balaban J connectivity index is 1.60. The molecule has 2 N–H and O–H groups in total. The van der Waals surface area contributed by atoms with E-state index in [9.17, 15) is 14.4 Å². The van der Waals surface area contributed by atoms with Crippen molar-refractivity contribution < 1.29 is 23.9 Å². The van der Waals surface area contributed by atoms with Gasteiger partial charge in [0.15, 0.2) is 5.17 Å². The van der Waals surface area contributed by atoms with E-state index in [2.05, 4.69) is 5.32 Å². The summed E-state index contributed by atoms with van der Waals surface area (Å²) >= 11 is 1.04. The van der Waals surface area contributed by atoms with Gasteiger partial charge in [-0.2, -0.15) is 0 Å². The van der Waals surface area contributed by atoms with Crippen LogP contribution in [0.4, 0.5) is 11.4 Å². The first-order valence-corrected chi connectivity index (χ1v) is 10.1. The van der Waals surface area contributed by atoms with Gasteiger partial charge in [0.1, 0.15) is 11.0 Å². The number of anilines is 2. The minimum absolute atomic E-state index is 0.0711. The minimum atomic E-state index is -0.682. The number of methoxy groups -OCH3 is 1. The molecule has 0 saturated carbocycles. The van der Waals surface area contributed by atoms with Gasteiger partial charge in [0.2, 0.25) is 11.8 Å². The second-order valence-electron chi connectivity index (χ2n) is 6.33. The molecule has 1 saturated heterocycles. The number of amides is 2. The van der Waals surface area contributed by atoms with Gasteiger partial charge in [-0.25, -0.2) is 4.79 Å². The number of rotatable bonds is 7. The van der Waals surface area contributed by atoms with Gasteiger partial charge < -0.3 is 14.8 Å². The average Bonchev–Trinajstić information content (AvgIpc) is 3.01. The Morgan fingerprint density at radius 2 is 1.80 bits per heavy atom. The standard InChI is InChI=1S/C21H21N3O5S/c1-3-29-20(27)13-4-6-14(7-5-13)23-18(25)12-17-19(26)24(21(22)30-17)15-8-10-16(28-2)11-9-15/h4-11,17,22H,3,12H2,1-2H3,(H,23,25)/t17-/m1/s1. The van der Waals surface area contributed by atoms with E-state index in [0.29, 0.717) is 22.7 Å². The number of esters is 1. The lowest BCUT2D eigenvalue weighted by molar-refractivity contribution is -0.121. The van der Waals surface area contributed by atoms with Gasteiger partial charge in [0, 0.05) is 12.1 Å². The molecular weight excluding hydrogens is 406 g/mol. The molecule has 1 heterocycles. The maximum absolute atomic E-state index is 12.7. The summed E-state index contributed by atoms with van der Waals surface area (Å²) in [6, 6.07) is 13.1. The highest BCUT2D eigenvalue weighted by Crippen LogP contribution is 2.33. The first kappa shape index (κ1) is 21.4. The molecule has 2 amide bonds. The van der Waals surface area contributed by atoms with E-state index in [1.165, 1.54) is 4.90 Å². The number of hydrogen-bond acceptors (Lipinski definition) is 7. The zero-order valence-electron chi connectivity index (χ0n) is 16.5. The molecule has 0 spiro atoms. The van der Waals surface area contributed by atoms with Crippen molar-refractivity contribution in [2.45, 2.75) is 18.6 Å². The van der Waals surface area contributed by atoms with E-state index in [1.54, 1.807) is 62.6 Å². The van der Waals surface area contributed by atoms with Gasteiger partial charge in [-0.1, -0.05) is 11.8 Å². The number of carbonyl (C=O) groups is 3. The molecule has 8 nitrogen and oxygen atoms in total. The van der Waals surface area contributed by atoms with Crippen LogP contribution in [0.2, 0.25) is 0 Å². The molecular formula is C21H21N3O5S. The van der Waals surface area contributed by atoms with Crippen molar-refractivity contribution in [2.24, 2.45) is 0 Å². The number of amidine groups is 1. The molecule has 1 aliphatic heterocycles. The summed E-state index contributed by atoms with van der Waals surface area (Å²) in [4.78, 5) is 38.1. The number of thioether (sulfide) groups is 1. The highest BCUT2D eigenvalue weighted by Gasteiger charge is 2.39. The van der Waals surface area contributed by atoms with E-state index in [1.807, 2.05) is 0 Å². The molecule has 1 atom stereocenters. The summed E-state index contributed by atoms with van der Waals surface area (Å²) < 4.78 is 10.0. The third-order valence-corrected chi connectivity index (χ3v) is 5.39. The summed E-state index contributed by atoms with van der Waals surface area (Å²) in [6.45, 7) is 2.01. The van der Waals surface area contributed by atoms with Crippen LogP contribution in [0.15, 0.2) is 48.5 Å². The number of nitrogens with one attached hydrogen (secondary N) is 2. The average molecular weight is 427 g/mol. The minimum Gasteiger partial charge on any atom is -0.497 e. The normalized spacial score (nSPS) is 15.8. The molecule has 0 bridgehead atoms. The van der Waals surface area contributed by atoms with Gasteiger partial charge in [-0.3, -0.25) is 19.9 Å². The number of carbonyl (C=O) groups excluding carboxylic acids is 3. The van der Waals surface area contributed by atoms with Crippen LogP contribution in [0.1, 0.15) is 23.7 Å². The predicted molar refractivity (Wildman–Crippen MR) is 115 cm³/mol. The van der Waals surface area contributed by atoms with Gasteiger partial charge in [-0.15, -0.1) is 0 Å². The number of benzene rings is 2. The molecule has 156 valence electrons. The van der Waals surface area contributed by atoms with Crippen molar-refractivity contribution in [2.75, 3.05) is 23.9 Å². The molecule has 2 aromatic carbocycles. The lowest BCUT2D eigenvalue weighted by atomic mass is 10.2. The molecule has 1 aliphatic rings. The van der Waals surface area contributed by atoms with Crippen molar-refractivity contribution in [1.29, 1.82) is 5.41 Å². The van der Waals surface area contributed by atoms with Crippen LogP contribution in [0.3, 0.4) is 0 Å². The van der Waals surface area contributed by atoms with Crippen molar-refractivity contribution in [3.63, 3.8) is 0 Å². The van der Waals surface area contributed by atoms with Crippen LogP contribution in [-0.2, 0) is 14.3 Å². The maximum atomic E-state index is 12.7. The van der Waals surface area contributed by atoms with Crippen molar-refractivity contribution in [3.05, 3.63) is 54.1 Å². The molecule has 30 heavy (non-hydrogen) atoms. The summed E-state index contributed by atoms with van der Waals surface area (Å²) in [5.41, 5.74) is 1.45. The first-order chi connectivity index (χ1) is 14.4. The molecule has 0 aromatic heterocycles. The Kier molecular flexibility index (Phi) is 6.73. The van der Waals surface area contributed by atoms with Gasteiger partial charge >= 0.3 is 5.97 Å². The van der Waals surface area contributed by atoms with Crippen LogP contribution in [0, 0.1) is 5.41 Å². The number of ether oxygens (including phenoxy) is 2. The van der Waals surface area contributed by atoms with Crippen LogP contribution in [0.5, 0.6) is 5.75 Å². The Labute approximate surface area is 178 Å². The van der Waals surface area contributed by atoms with E-state index < -0.39 is 11.2 Å². The summed E-state index contributed by atoms with van der Waals surface area (Å²) in [7, 11) is 1.55. The van der Waals surface area contributed by atoms with Gasteiger partial charge in [0.25, 0.3) is 0 Å². The second kappa shape index (κ2) is 9.45. The molecule has 9 heteroatoms. The quantitative estimate of drug-likeness (QED) is 0.657. The lowest BCUT2D eigenvalue weighted by Gasteiger charge is -2.16. The smallest absolute Gasteiger partial charge is 0.338 e. The van der Waals surface area contributed by atoms with Crippen LogP contribution in [-0.4, -0.2) is 41.9 Å². The molecule has 2 aromatic rings. The second-order valence-corrected chi connectivity index (χ2v) is 7.52. The van der Waals surface area contributed by atoms with E-state index >= 15 is 0 Å². The van der Waals surface area contributed by atoms with Crippen LogP contribution < -0.4 is 15.0 Å². The zero-order valence-corrected chi connectivity index (χ0v) is 17.3. The van der Waals surface area contributed by atoms with E-state index in [0.717, 1.165) is 11.8 Å². The highest BCUT2D eigenvalue weighted by molar-refractivity contribution is 8.16. The largest absolute Gasteiger partial charge is 0.497 e. The SMILES string of the molecule is CCOC(=O)c1ccc(NC(=O)C[C@H]2SC(=N)N(c3ccc(OC)cc3)C2=O)cc1. The fourth-order valence-electron chi connectivity index (χ4n) is 2.87. The summed E-state index contributed by atoms with van der Waals surface area (Å²) in [6.07, 6.45) is -0.0713. The molecule has 3 rings (SSSR count). The van der Waals surface area contributed by atoms with Crippen molar-refractivity contribution in [1.82, 2.24) is 0 Å². The molecule has 0 unspecified atom stereocenters. The fourth-order valence-corrected chi connectivity index (χ4v) is 3.88. The van der Waals surface area contributed by atoms with Gasteiger partial charge in [-0.05, 0) is 55.5 Å². The Bertz CT molecular complexity index is 960. The van der Waals surface area contributed by atoms with E-state index in [-0.39, 0.29) is 30.0 Å². The highest BCUT2D eigenvalue weighted by atomic mass is 32.2. The molecule has 1 fully saturated rings. The van der Waals surface area contributed by atoms with Crippen LogP contribution in [0.25, 0.3) is 0 Å². The lowest BCUT2D eigenvalue weighted by Crippen LogP contribution is -2.33. The monoisotopic (exact) mass is 427 g/mol. The Hall–Kier alpha value is -3.33. The topological polar surface area (TPSA) is 109 Å². The van der Waals surface area contributed by atoms with Gasteiger partial charge in [0.05, 0.1) is 25.0 Å². The van der Waals surface area contributed by atoms with E-state index in [4.69, 9.17) is 14.9 Å². The number of nitrogens with zero attached hydrogens (tertiary/aromatic N) is 1. The van der Waals surface area contributed by atoms with Crippen molar-refractivity contribution >= 4 is 46.1 Å². The fraction of sp³-hybridized carbons (Fsp3) is 0.238. The Morgan fingerprint density at radius 1 is 1.13 bits per heavy atom.